The molecule has 0 spiro atoms. The van der Waals surface area contributed by atoms with Crippen LogP contribution in [0.1, 0.15) is 5.56 Å². The van der Waals surface area contributed by atoms with Crippen LogP contribution >= 0.6 is 31.9 Å². The van der Waals surface area contributed by atoms with Gasteiger partial charge in [0.2, 0.25) is 0 Å². The fourth-order valence-corrected chi connectivity index (χ4v) is 2.34. The second kappa shape index (κ2) is 5.61. The van der Waals surface area contributed by atoms with E-state index in [0.717, 1.165) is 6.07 Å². The number of anilines is 3. The Morgan fingerprint density at radius 3 is 2.45 bits per heavy atom. The number of nitrogens with one attached hydrogen (secondary N) is 1. The zero-order chi connectivity index (χ0) is 14.9. The van der Waals surface area contributed by atoms with E-state index in [1.165, 1.54) is 18.3 Å². The van der Waals surface area contributed by atoms with E-state index >= 15 is 0 Å². The number of pyridine rings is 1. The molecule has 0 saturated carbocycles. The van der Waals surface area contributed by atoms with Crippen molar-refractivity contribution in [1.82, 2.24) is 4.98 Å². The predicted molar refractivity (Wildman–Crippen MR) is 78.8 cm³/mol. The van der Waals surface area contributed by atoms with Crippen LogP contribution < -0.4 is 11.1 Å². The molecule has 0 saturated heterocycles. The average molecular weight is 411 g/mol. The summed E-state index contributed by atoms with van der Waals surface area (Å²) in [6.07, 6.45) is -2.93. The highest BCUT2D eigenvalue weighted by Crippen LogP contribution is 2.37. The van der Waals surface area contributed by atoms with Crippen molar-refractivity contribution in [2.75, 3.05) is 11.1 Å². The van der Waals surface area contributed by atoms with E-state index in [-0.39, 0.29) is 10.2 Å². The Labute approximate surface area is 129 Å². The monoisotopic (exact) mass is 409 g/mol. The van der Waals surface area contributed by atoms with Crippen LogP contribution in [0.5, 0.6) is 0 Å². The number of hydrogen-bond donors (Lipinski definition) is 2. The van der Waals surface area contributed by atoms with Crippen LogP contribution in [0.25, 0.3) is 0 Å². The fraction of sp³-hybridized carbons (Fsp3) is 0.0833. The SMILES string of the molecule is Nc1cc(Br)cnc1Nc1ccc(Br)c(C(F)(F)F)c1. The normalized spacial score (nSPS) is 11.4. The topological polar surface area (TPSA) is 50.9 Å². The van der Waals surface area contributed by atoms with E-state index in [9.17, 15) is 13.2 Å². The van der Waals surface area contributed by atoms with E-state index in [0.29, 0.717) is 16.0 Å². The predicted octanol–water partition coefficient (Wildman–Crippen LogP) is 4.95. The number of hydrogen-bond acceptors (Lipinski definition) is 3. The minimum Gasteiger partial charge on any atom is -0.396 e. The molecule has 0 aliphatic carbocycles. The number of nitrogen functional groups attached to an aromatic ring is 1. The second-order valence-corrected chi connectivity index (χ2v) is 5.68. The van der Waals surface area contributed by atoms with E-state index in [1.807, 2.05) is 0 Å². The van der Waals surface area contributed by atoms with Crippen molar-refractivity contribution in [3.63, 3.8) is 0 Å². The molecule has 8 heteroatoms. The smallest absolute Gasteiger partial charge is 0.396 e. The van der Waals surface area contributed by atoms with Crippen molar-refractivity contribution in [2.24, 2.45) is 0 Å². The zero-order valence-corrected chi connectivity index (χ0v) is 13.0. The highest BCUT2D eigenvalue weighted by molar-refractivity contribution is 9.10. The lowest BCUT2D eigenvalue weighted by Gasteiger charge is -2.13. The second-order valence-electron chi connectivity index (χ2n) is 3.91. The number of alkyl halides is 3. The summed E-state index contributed by atoms with van der Waals surface area (Å²) in [6.45, 7) is 0. The van der Waals surface area contributed by atoms with Gasteiger partial charge in [-0.1, -0.05) is 15.9 Å². The van der Waals surface area contributed by atoms with Gasteiger partial charge in [-0.25, -0.2) is 4.98 Å². The van der Waals surface area contributed by atoms with Crippen molar-refractivity contribution in [1.29, 1.82) is 0 Å². The standard InChI is InChI=1S/C12H8Br2F3N3/c13-6-3-10(18)11(19-5-6)20-7-1-2-9(14)8(4-7)12(15,16)17/h1-5H,18H2,(H,19,20). The summed E-state index contributed by atoms with van der Waals surface area (Å²) in [5, 5.41) is 2.76. The zero-order valence-electron chi connectivity index (χ0n) is 9.80. The van der Waals surface area contributed by atoms with E-state index in [4.69, 9.17) is 5.73 Å². The maximum Gasteiger partial charge on any atom is 0.417 e. The van der Waals surface area contributed by atoms with Crippen LogP contribution in [0.3, 0.4) is 0 Å². The Hall–Kier alpha value is -1.28. The molecular weight excluding hydrogens is 403 g/mol. The van der Waals surface area contributed by atoms with Gasteiger partial charge in [-0.3, -0.25) is 0 Å². The maximum atomic E-state index is 12.8. The summed E-state index contributed by atoms with van der Waals surface area (Å²) in [7, 11) is 0. The Bertz CT molecular complexity index is 644. The van der Waals surface area contributed by atoms with Crippen molar-refractivity contribution >= 4 is 49.1 Å². The van der Waals surface area contributed by atoms with Gasteiger partial charge in [-0.15, -0.1) is 0 Å². The Morgan fingerprint density at radius 2 is 1.85 bits per heavy atom. The Kier molecular flexibility index (Phi) is 4.24. The summed E-state index contributed by atoms with van der Waals surface area (Å²) in [4.78, 5) is 4.01. The van der Waals surface area contributed by atoms with Crippen molar-refractivity contribution in [3.8, 4) is 0 Å². The molecule has 3 N–H and O–H groups in total. The average Bonchev–Trinajstić information content (AvgIpc) is 2.33. The first-order valence-corrected chi connectivity index (χ1v) is 6.91. The van der Waals surface area contributed by atoms with Crippen molar-refractivity contribution in [2.45, 2.75) is 6.18 Å². The summed E-state index contributed by atoms with van der Waals surface area (Å²) < 4.78 is 39.1. The molecule has 2 aromatic rings. The summed E-state index contributed by atoms with van der Waals surface area (Å²) in [5.74, 6) is 0.295. The number of rotatable bonds is 2. The fourth-order valence-electron chi connectivity index (χ4n) is 1.52. The van der Waals surface area contributed by atoms with Crippen LogP contribution in [0, 0.1) is 0 Å². The van der Waals surface area contributed by atoms with Gasteiger partial charge in [-0.2, -0.15) is 13.2 Å². The molecule has 1 aromatic carbocycles. The van der Waals surface area contributed by atoms with Gasteiger partial charge in [-0.05, 0) is 40.2 Å². The minimum absolute atomic E-state index is 0.0210. The minimum atomic E-state index is -4.44. The molecule has 3 nitrogen and oxygen atoms in total. The van der Waals surface area contributed by atoms with E-state index in [1.54, 1.807) is 6.07 Å². The number of aromatic nitrogens is 1. The molecule has 0 radical (unpaired) electrons. The van der Waals surface area contributed by atoms with Crippen LogP contribution in [0.2, 0.25) is 0 Å². The van der Waals surface area contributed by atoms with Crippen LogP contribution in [0.4, 0.5) is 30.4 Å². The Balaban J connectivity index is 2.35. The first-order chi connectivity index (χ1) is 9.27. The maximum absolute atomic E-state index is 12.8. The lowest BCUT2D eigenvalue weighted by molar-refractivity contribution is -0.138. The van der Waals surface area contributed by atoms with Crippen molar-refractivity contribution in [3.05, 3.63) is 45.0 Å². The molecule has 0 aliphatic heterocycles. The molecule has 0 bridgehead atoms. The number of benzene rings is 1. The van der Waals surface area contributed by atoms with E-state index in [2.05, 4.69) is 42.2 Å². The Morgan fingerprint density at radius 1 is 1.15 bits per heavy atom. The van der Waals surface area contributed by atoms with Gasteiger partial charge in [0.1, 0.15) is 0 Å². The van der Waals surface area contributed by atoms with E-state index < -0.39 is 11.7 Å². The highest BCUT2D eigenvalue weighted by atomic mass is 79.9. The molecule has 20 heavy (non-hydrogen) atoms. The van der Waals surface area contributed by atoms with Gasteiger partial charge in [0, 0.05) is 20.8 Å². The van der Waals surface area contributed by atoms with Gasteiger partial charge in [0.05, 0.1) is 11.3 Å². The van der Waals surface area contributed by atoms with Gasteiger partial charge in [0.25, 0.3) is 0 Å². The molecular formula is C12H8Br2F3N3. The largest absolute Gasteiger partial charge is 0.417 e. The number of nitrogens with zero attached hydrogens (tertiary/aromatic N) is 1. The first kappa shape index (κ1) is 15.1. The molecule has 106 valence electrons. The molecule has 0 atom stereocenters. The quantitative estimate of drug-likeness (QED) is 0.736. The summed E-state index contributed by atoms with van der Waals surface area (Å²) in [5.41, 5.74) is 5.55. The molecule has 2 rings (SSSR count). The number of nitrogens with two attached hydrogens (primary N) is 1. The molecule has 0 unspecified atom stereocenters. The summed E-state index contributed by atoms with van der Waals surface area (Å²) in [6, 6.07) is 5.43. The lowest BCUT2D eigenvalue weighted by atomic mass is 10.2. The van der Waals surface area contributed by atoms with Crippen LogP contribution in [-0.2, 0) is 6.18 Å². The van der Waals surface area contributed by atoms with Crippen LogP contribution in [0.15, 0.2) is 39.4 Å². The third-order valence-corrected chi connectivity index (χ3v) is 3.54. The number of halogens is 5. The molecule has 1 heterocycles. The molecule has 0 aliphatic rings. The molecule has 0 amide bonds. The van der Waals surface area contributed by atoms with Crippen molar-refractivity contribution < 1.29 is 13.2 Å². The third-order valence-electron chi connectivity index (χ3n) is 2.42. The van der Waals surface area contributed by atoms with Crippen LogP contribution in [-0.4, -0.2) is 4.98 Å². The van der Waals surface area contributed by atoms with Gasteiger partial charge >= 0.3 is 6.18 Å². The highest BCUT2D eigenvalue weighted by Gasteiger charge is 2.33. The first-order valence-electron chi connectivity index (χ1n) is 5.32. The van der Waals surface area contributed by atoms with Gasteiger partial charge < -0.3 is 11.1 Å². The summed E-state index contributed by atoms with van der Waals surface area (Å²) >= 11 is 6.09. The third kappa shape index (κ3) is 3.43. The lowest BCUT2D eigenvalue weighted by Crippen LogP contribution is -2.07. The molecule has 1 aromatic heterocycles. The van der Waals surface area contributed by atoms with Gasteiger partial charge in [0.15, 0.2) is 5.82 Å². The molecule has 0 fully saturated rings.